The van der Waals surface area contributed by atoms with Crippen molar-refractivity contribution in [2.75, 3.05) is 6.61 Å². The zero-order valence-electron chi connectivity index (χ0n) is 8.72. The molecule has 0 saturated carbocycles. The minimum atomic E-state index is 0.134. The smallest absolute Gasteiger partial charge is 0.139 e. The number of nitrogens with zero attached hydrogens (tertiary/aromatic N) is 2. The summed E-state index contributed by atoms with van der Waals surface area (Å²) in [4.78, 5) is 4.29. The highest BCUT2D eigenvalue weighted by Crippen LogP contribution is 2.17. The molecule has 0 amide bonds. The molecular formula is C12H14N2O. The number of aromatic nitrogens is 2. The molecule has 2 aromatic rings. The molecule has 0 unspecified atom stereocenters. The number of aliphatic hydroxyl groups excluding tert-OH is 1. The van der Waals surface area contributed by atoms with Crippen LogP contribution in [0, 0.1) is 6.92 Å². The molecule has 2 rings (SSSR count). The van der Waals surface area contributed by atoms with Crippen LogP contribution >= 0.6 is 0 Å². The summed E-state index contributed by atoms with van der Waals surface area (Å²) < 4.78 is 1.95. The van der Waals surface area contributed by atoms with Crippen molar-refractivity contribution < 1.29 is 5.11 Å². The molecule has 0 aliphatic carbocycles. The Morgan fingerprint density at radius 3 is 2.67 bits per heavy atom. The van der Waals surface area contributed by atoms with E-state index in [-0.39, 0.29) is 6.61 Å². The molecule has 78 valence electrons. The minimum Gasteiger partial charge on any atom is -0.395 e. The first-order chi connectivity index (χ1) is 7.31. The second-order valence-electron chi connectivity index (χ2n) is 3.53. The van der Waals surface area contributed by atoms with Crippen molar-refractivity contribution in [3.05, 3.63) is 42.2 Å². The van der Waals surface area contributed by atoms with Crippen LogP contribution in [0.5, 0.6) is 0 Å². The fourth-order valence-corrected chi connectivity index (χ4v) is 1.56. The third kappa shape index (κ3) is 2.07. The standard InChI is InChI=1S/C12H14N2O/c1-10-2-4-11(5-3-10)12-13-6-7-14(12)8-9-15/h2-7,15H,8-9H2,1H3. The molecule has 0 aliphatic rings. The Kier molecular flexibility index (Phi) is 2.83. The molecule has 1 heterocycles. The van der Waals surface area contributed by atoms with E-state index in [0.29, 0.717) is 6.54 Å². The molecule has 1 aromatic carbocycles. The quantitative estimate of drug-likeness (QED) is 0.824. The third-order valence-corrected chi connectivity index (χ3v) is 2.37. The molecule has 3 nitrogen and oxygen atoms in total. The maximum atomic E-state index is 8.90. The Morgan fingerprint density at radius 2 is 2.00 bits per heavy atom. The van der Waals surface area contributed by atoms with Crippen molar-refractivity contribution in [3.8, 4) is 11.4 Å². The highest BCUT2D eigenvalue weighted by molar-refractivity contribution is 5.55. The molecule has 0 fully saturated rings. The summed E-state index contributed by atoms with van der Waals surface area (Å²) >= 11 is 0. The van der Waals surface area contributed by atoms with Crippen molar-refractivity contribution in [2.45, 2.75) is 13.5 Å². The van der Waals surface area contributed by atoms with Crippen LogP contribution in [0.4, 0.5) is 0 Å². The maximum Gasteiger partial charge on any atom is 0.139 e. The number of hydrogen-bond donors (Lipinski definition) is 1. The molecular weight excluding hydrogens is 188 g/mol. The summed E-state index contributed by atoms with van der Waals surface area (Å²) in [5.41, 5.74) is 2.32. The Labute approximate surface area is 89.0 Å². The Bertz CT molecular complexity index is 431. The fourth-order valence-electron chi connectivity index (χ4n) is 1.56. The lowest BCUT2D eigenvalue weighted by molar-refractivity contribution is 0.276. The predicted octanol–water partition coefficient (Wildman–Crippen LogP) is 1.85. The summed E-state index contributed by atoms with van der Waals surface area (Å²) in [5, 5.41) is 8.90. The van der Waals surface area contributed by atoms with Gasteiger partial charge in [-0.3, -0.25) is 0 Å². The van der Waals surface area contributed by atoms with Crippen LogP contribution < -0.4 is 0 Å². The van der Waals surface area contributed by atoms with Gasteiger partial charge in [0.1, 0.15) is 5.82 Å². The summed E-state index contributed by atoms with van der Waals surface area (Å²) in [6, 6.07) is 8.22. The SMILES string of the molecule is Cc1ccc(-c2nccn2CCO)cc1. The van der Waals surface area contributed by atoms with E-state index in [4.69, 9.17) is 5.11 Å². The highest BCUT2D eigenvalue weighted by atomic mass is 16.3. The lowest BCUT2D eigenvalue weighted by Crippen LogP contribution is -2.02. The molecule has 15 heavy (non-hydrogen) atoms. The van der Waals surface area contributed by atoms with Crippen molar-refractivity contribution in [2.24, 2.45) is 0 Å². The van der Waals surface area contributed by atoms with E-state index in [1.165, 1.54) is 5.56 Å². The lowest BCUT2D eigenvalue weighted by Gasteiger charge is -2.05. The van der Waals surface area contributed by atoms with Gasteiger partial charge >= 0.3 is 0 Å². The molecule has 3 heteroatoms. The first-order valence-electron chi connectivity index (χ1n) is 5.00. The summed E-state index contributed by atoms with van der Waals surface area (Å²) in [5.74, 6) is 0.907. The van der Waals surface area contributed by atoms with Gasteiger partial charge in [0.05, 0.1) is 6.61 Å². The van der Waals surface area contributed by atoms with Gasteiger partial charge in [-0.1, -0.05) is 29.8 Å². The van der Waals surface area contributed by atoms with Crippen molar-refractivity contribution in [1.82, 2.24) is 9.55 Å². The third-order valence-electron chi connectivity index (χ3n) is 2.37. The summed E-state index contributed by atoms with van der Waals surface area (Å²) in [7, 11) is 0. The average Bonchev–Trinajstić information content (AvgIpc) is 2.68. The monoisotopic (exact) mass is 202 g/mol. The molecule has 0 spiro atoms. The van der Waals surface area contributed by atoms with Gasteiger partial charge < -0.3 is 9.67 Å². The van der Waals surface area contributed by atoms with Crippen molar-refractivity contribution in [3.63, 3.8) is 0 Å². The summed E-state index contributed by atoms with van der Waals surface area (Å²) in [6.07, 6.45) is 3.64. The molecule has 0 aliphatic heterocycles. The van der Waals surface area contributed by atoms with E-state index < -0.39 is 0 Å². The molecule has 0 saturated heterocycles. The Balaban J connectivity index is 2.36. The fraction of sp³-hybridized carbons (Fsp3) is 0.250. The van der Waals surface area contributed by atoms with Crippen LogP contribution in [0.15, 0.2) is 36.7 Å². The van der Waals surface area contributed by atoms with Gasteiger partial charge in [-0.15, -0.1) is 0 Å². The number of imidazole rings is 1. The number of hydrogen-bond acceptors (Lipinski definition) is 2. The van der Waals surface area contributed by atoms with Gasteiger partial charge in [-0.25, -0.2) is 4.98 Å². The van der Waals surface area contributed by atoms with Crippen LogP contribution in [-0.4, -0.2) is 21.3 Å². The van der Waals surface area contributed by atoms with Gasteiger partial charge in [-0.05, 0) is 6.92 Å². The van der Waals surface area contributed by atoms with Gasteiger partial charge in [0.15, 0.2) is 0 Å². The van der Waals surface area contributed by atoms with Crippen LogP contribution in [0.3, 0.4) is 0 Å². The first kappa shape index (κ1) is 9.93. The highest BCUT2D eigenvalue weighted by Gasteiger charge is 2.04. The van der Waals surface area contributed by atoms with E-state index in [0.717, 1.165) is 11.4 Å². The topological polar surface area (TPSA) is 38.0 Å². The number of rotatable bonds is 3. The van der Waals surface area contributed by atoms with E-state index in [9.17, 15) is 0 Å². The second kappa shape index (κ2) is 4.28. The molecule has 0 atom stereocenters. The molecule has 1 N–H and O–H groups in total. The maximum absolute atomic E-state index is 8.90. The van der Waals surface area contributed by atoms with Crippen molar-refractivity contribution >= 4 is 0 Å². The Morgan fingerprint density at radius 1 is 1.27 bits per heavy atom. The largest absolute Gasteiger partial charge is 0.395 e. The van der Waals surface area contributed by atoms with Crippen LogP contribution in [0.25, 0.3) is 11.4 Å². The number of aryl methyl sites for hydroxylation is 1. The molecule has 0 bridgehead atoms. The average molecular weight is 202 g/mol. The van der Waals surface area contributed by atoms with E-state index >= 15 is 0 Å². The zero-order valence-corrected chi connectivity index (χ0v) is 8.72. The van der Waals surface area contributed by atoms with Gasteiger partial charge in [0, 0.05) is 24.5 Å². The normalized spacial score (nSPS) is 10.5. The predicted molar refractivity (Wildman–Crippen MR) is 59.5 cm³/mol. The van der Waals surface area contributed by atoms with Crippen molar-refractivity contribution in [1.29, 1.82) is 0 Å². The first-order valence-corrected chi connectivity index (χ1v) is 5.00. The summed E-state index contributed by atoms with van der Waals surface area (Å²) in [6.45, 7) is 2.78. The second-order valence-corrected chi connectivity index (χ2v) is 3.53. The van der Waals surface area contributed by atoms with E-state index in [1.807, 2.05) is 22.9 Å². The van der Waals surface area contributed by atoms with Gasteiger partial charge in [-0.2, -0.15) is 0 Å². The minimum absolute atomic E-state index is 0.134. The Hall–Kier alpha value is -1.61. The number of aliphatic hydroxyl groups is 1. The number of benzene rings is 1. The lowest BCUT2D eigenvalue weighted by atomic mass is 10.1. The van der Waals surface area contributed by atoms with E-state index in [1.54, 1.807) is 6.20 Å². The van der Waals surface area contributed by atoms with Gasteiger partial charge in [0.25, 0.3) is 0 Å². The van der Waals surface area contributed by atoms with Crippen LogP contribution in [-0.2, 0) is 6.54 Å². The van der Waals surface area contributed by atoms with Crippen LogP contribution in [0.1, 0.15) is 5.56 Å². The van der Waals surface area contributed by atoms with E-state index in [2.05, 4.69) is 24.0 Å². The van der Waals surface area contributed by atoms with Crippen LogP contribution in [0.2, 0.25) is 0 Å². The molecule has 1 aromatic heterocycles. The zero-order chi connectivity index (χ0) is 10.7. The molecule has 0 radical (unpaired) electrons. The van der Waals surface area contributed by atoms with Gasteiger partial charge in [0.2, 0.25) is 0 Å².